The Bertz CT molecular complexity index is 471. The molecule has 1 aliphatic heterocycles. The number of piperidine rings is 1. The van der Waals surface area contributed by atoms with E-state index in [1.807, 2.05) is 6.07 Å². The van der Waals surface area contributed by atoms with Gasteiger partial charge in [0.2, 0.25) is 0 Å². The van der Waals surface area contributed by atoms with Crippen LogP contribution in [0.1, 0.15) is 43.7 Å². The van der Waals surface area contributed by atoms with Crippen molar-refractivity contribution in [2.75, 3.05) is 18.0 Å². The van der Waals surface area contributed by atoms with Gasteiger partial charge in [0.1, 0.15) is 0 Å². The second kappa shape index (κ2) is 6.69. The van der Waals surface area contributed by atoms with Gasteiger partial charge in [-0.2, -0.15) is 13.2 Å². The number of alkyl halides is 3. The molecule has 1 saturated heterocycles. The molecular weight excluding hydrogens is 277 g/mol. The van der Waals surface area contributed by atoms with Crippen molar-refractivity contribution in [3.8, 4) is 0 Å². The lowest BCUT2D eigenvalue weighted by Gasteiger charge is -2.37. The maximum atomic E-state index is 13.2. The van der Waals surface area contributed by atoms with Crippen LogP contribution in [0.25, 0.3) is 0 Å². The van der Waals surface area contributed by atoms with Gasteiger partial charge in [-0.05, 0) is 56.3 Å². The fourth-order valence-corrected chi connectivity index (χ4v) is 3.15. The van der Waals surface area contributed by atoms with Crippen LogP contribution in [0.15, 0.2) is 18.2 Å². The number of hydrogen-bond acceptors (Lipinski definition) is 2. The van der Waals surface area contributed by atoms with Crippen LogP contribution in [0.3, 0.4) is 0 Å². The standard InChI is InChI=1S/C16H23F3N2/c1-2-13-5-3-4-10-21(13)14-7-6-12(8-9-20)15(11-14)16(17,18)19/h6-7,11,13H,2-5,8-10,20H2,1H3. The molecule has 5 heteroatoms. The third-order valence-electron chi connectivity index (χ3n) is 4.24. The zero-order valence-corrected chi connectivity index (χ0v) is 12.4. The third kappa shape index (κ3) is 3.70. The van der Waals surface area contributed by atoms with Gasteiger partial charge in [0, 0.05) is 18.3 Å². The number of rotatable bonds is 4. The van der Waals surface area contributed by atoms with E-state index in [9.17, 15) is 13.2 Å². The van der Waals surface area contributed by atoms with Gasteiger partial charge in [-0.25, -0.2) is 0 Å². The second-order valence-corrected chi connectivity index (χ2v) is 5.63. The van der Waals surface area contributed by atoms with E-state index < -0.39 is 11.7 Å². The molecule has 1 heterocycles. The molecule has 2 N–H and O–H groups in total. The average Bonchev–Trinajstić information content (AvgIpc) is 2.47. The number of benzene rings is 1. The van der Waals surface area contributed by atoms with Gasteiger partial charge in [-0.3, -0.25) is 0 Å². The molecular formula is C16H23F3N2. The Balaban J connectivity index is 2.36. The molecule has 1 unspecified atom stereocenters. The van der Waals surface area contributed by atoms with Crippen LogP contribution >= 0.6 is 0 Å². The lowest BCUT2D eigenvalue weighted by Crippen LogP contribution is -2.39. The van der Waals surface area contributed by atoms with Crippen molar-refractivity contribution < 1.29 is 13.2 Å². The lowest BCUT2D eigenvalue weighted by atomic mass is 9.97. The van der Waals surface area contributed by atoms with Crippen LogP contribution < -0.4 is 10.6 Å². The van der Waals surface area contributed by atoms with Crippen molar-refractivity contribution in [3.63, 3.8) is 0 Å². The van der Waals surface area contributed by atoms with Gasteiger partial charge in [-0.1, -0.05) is 13.0 Å². The van der Waals surface area contributed by atoms with Crippen molar-refractivity contribution in [1.29, 1.82) is 0 Å². The molecule has 0 amide bonds. The summed E-state index contributed by atoms with van der Waals surface area (Å²) < 4.78 is 39.7. The van der Waals surface area contributed by atoms with E-state index in [4.69, 9.17) is 5.73 Å². The SMILES string of the molecule is CCC1CCCCN1c1ccc(CCN)c(C(F)(F)F)c1. The quantitative estimate of drug-likeness (QED) is 0.911. The highest BCUT2D eigenvalue weighted by Gasteiger charge is 2.34. The third-order valence-corrected chi connectivity index (χ3v) is 4.24. The predicted octanol–water partition coefficient (Wildman–Crippen LogP) is 3.98. The summed E-state index contributed by atoms with van der Waals surface area (Å²) in [5, 5.41) is 0. The summed E-state index contributed by atoms with van der Waals surface area (Å²) >= 11 is 0. The molecule has 0 radical (unpaired) electrons. The van der Waals surface area contributed by atoms with Crippen molar-refractivity contribution in [3.05, 3.63) is 29.3 Å². The summed E-state index contributed by atoms with van der Waals surface area (Å²) in [6, 6.07) is 5.06. The first-order valence-electron chi connectivity index (χ1n) is 7.64. The van der Waals surface area contributed by atoms with Gasteiger partial charge in [0.25, 0.3) is 0 Å². The fourth-order valence-electron chi connectivity index (χ4n) is 3.15. The maximum Gasteiger partial charge on any atom is 0.416 e. The van der Waals surface area contributed by atoms with Crippen LogP contribution in [0.5, 0.6) is 0 Å². The topological polar surface area (TPSA) is 29.3 Å². The minimum atomic E-state index is -4.32. The average molecular weight is 300 g/mol. The van der Waals surface area contributed by atoms with Gasteiger partial charge < -0.3 is 10.6 Å². The van der Waals surface area contributed by atoms with Crippen molar-refractivity contribution in [2.45, 2.75) is 51.2 Å². The molecule has 1 atom stereocenters. The Morgan fingerprint density at radius 1 is 1.29 bits per heavy atom. The molecule has 0 bridgehead atoms. The summed E-state index contributed by atoms with van der Waals surface area (Å²) in [6.07, 6.45) is 0.160. The number of hydrogen-bond donors (Lipinski definition) is 1. The largest absolute Gasteiger partial charge is 0.416 e. The Morgan fingerprint density at radius 3 is 2.67 bits per heavy atom. The molecule has 1 aromatic rings. The zero-order chi connectivity index (χ0) is 15.5. The van der Waals surface area contributed by atoms with Gasteiger partial charge in [0.05, 0.1) is 5.56 Å². The van der Waals surface area contributed by atoms with Gasteiger partial charge in [-0.15, -0.1) is 0 Å². The second-order valence-electron chi connectivity index (χ2n) is 5.63. The molecule has 1 fully saturated rings. The summed E-state index contributed by atoms with van der Waals surface area (Å²) in [4.78, 5) is 2.13. The number of nitrogens with two attached hydrogens (primary N) is 1. The Kier molecular flexibility index (Phi) is 5.14. The Labute approximate surface area is 124 Å². The highest BCUT2D eigenvalue weighted by atomic mass is 19.4. The first kappa shape index (κ1) is 16.1. The monoisotopic (exact) mass is 300 g/mol. The van der Waals surface area contributed by atoms with Crippen molar-refractivity contribution >= 4 is 5.69 Å². The van der Waals surface area contributed by atoms with Crippen LogP contribution in [0.4, 0.5) is 18.9 Å². The molecule has 21 heavy (non-hydrogen) atoms. The van der Waals surface area contributed by atoms with Gasteiger partial charge >= 0.3 is 6.18 Å². The molecule has 0 aliphatic carbocycles. The summed E-state index contributed by atoms with van der Waals surface area (Å²) in [5.74, 6) is 0. The minimum Gasteiger partial charge on any atom is -0.369 e. The van der Waals surface area contributed by atoms with Crippen LogP contribution in [-0.4, -0.2) is 19.1 Å². The summed E-state index contributed by atoms with van der Waals surface area (Å²) in [5.41, 5.74) is 5.86. The molecule has 1 aromatic carbocycles. The Morgan fingerprint density at radius 2 is 2.05 bits per heavy atom. The number of anilines is 1. The van der Waals surface area contributed by atoms with E-state index in [1.165, 1.54) is 6.07 Å². The van der Waals surface area contributed by atoms with E-state index in [0.29, 0.717) is 17.3 Å². The molecule has 0 saturated carbocycles. The summed E-state index contributed by atoms with van der Waals surface area (Å²) in [6.45, 7) is 3.16. The molecule has 1 aliphatic rings. The molecule has 2 nitrogen and oxygen atoms in total. The van der Waals surface area contributed by atoms with E-state index in [0.717, 1.165) is 32.2 Å². The summed E-state index contributed by atoms with van der Waals surface area (Å²) in [7, 11) is 0. The Hall–Kier alpha value is -1.23. The highest BCUT2D eigenvalue weighted by Crippen LogP contribution is 2.36. The highest BCUT2D eigenvalue weighted by molar-refractivity contribution is 5.53. The number of halogens is 3. The van der Waals surface area contributed by atoms with Crippen molar-refractivity contribution in [2.24, 2.45) is 5.73 Å². The van der Waals surface area contributed by atoms with Gasteiger partial charge in [0.15, 0.2) is 0 Å². The lowest BCUT2D eigenvalue weighted by molar-refractivity contribution is -0.138. The predicted molar refractivity (Wildman–Crippen MR) is 79.5 cm³/mol. The van der Waals surface area contributed by atoms with Crippen LogP contribution in [0, 0.1) is 0 Å². The van der Waals surface area contributed by atoms with E-state index in [1.54, 1.807) is 6.07 Å². The van der Waals surface area contributed by atoms with E-state index in [2.05, 4.69) is 11.8 Å². The normalized spacial score (nSPS) is 19.9. The minimum absolute atomic E-state index is 0.226. The molecule has 2 rings (SSSR count). The molecule has 0 aromatic heterocycles. The van der Waals surface area contributed by atoms with E-state index in [-0.39, 0.29) is 13.0 Å². The van der Waals surface area contributed by atoms with Crippen LogP contribution in [0.2, 0.25) is 0 Å². The zero-order valence-electron chi connectivity index (χ0n) is 12.4. The first-order valence-corrected chi connectivity index (χ1v) is 7.64. The number of nitrogens with zero attached hydrogens (tertiary/aromatic N) is 1. The molecule has 0 spiro atoms. The molecule has 118 valence electrons. The first-order chi connectivity index (χ1) is 9.97. The van der Waals surface area contributed by atoms with E-state index >= 15 is 0 Å². The fraction of sp³-hybridized carbons (Fsp3) is 0.625. The maximum absolute atomic E-state index is 13.2. The van der Waals surface area contributed by atoms with Crippen molar-refractivity contribution in [1.82, 2.24) is 0 Å². The smallest absolute Gasteiger partial charge is 0.369 e. The van der Waals surface area contributed by atoms with Crippen LogP contribution in [-0.2, 0) is 12.6 Å².